The van der Waals surface area contributed by atoms with E-state index in [4.69, 9.17) is 9.97 Å². The Morgan fingerprint density at radius 3 is 2.20 bits per heavy atom. The van der Waals surface area contributed by atoms with Crippen LogP contribution in [0.5, 0.6) is 0 Å². The Labute approximate surface area is 269 Å². The van der Waals surface area contributed by atoms with E-state index in [0.717, 1.165) is 66.1 Å². The minimum atomic E-state index is -0.0787. The van der Waals surface area contributed by atoms with Crippen LogP contribution < -0.4 is 10.2 Å². The number of nitrogens with zero attached hydrogens (tertiary/aromatic N) is 4. The molecule has 4 aromatic carbocycles. The van der Waals surface area contributed by atoms with E-state index < -0.39 is 0 Å². The van der Waals surface area contributed by atoms with Crippen LogP contribution in [0.15, 0.2) is 133 Å². The largest absolute Gasteiger partial charge is 0.354 e. The van der Waals surface area contributed by atoms with Gasteiger partial charge in [-0.1, -0.05) is 127 Å². The van der Waals surface area contributed by atoms with E-state index in [1.165, 1.54) is 5.56 Å². The minimum absolute atomic E-state index is 0.0787. The number of amides is 1. The molecule has 0 bridgehead atoms. The van der Waals surface area contributed by atoms with Gasteiger partial charge in [-0.3, -0.25) is 9.69 Å². The van der Waals surface area contributed by atoms with Gasteiger partial charge < -0.3 is 10.2 Å². The van der Waals surface area contributed by atoms with Crippen LogP contribution in [0.4, 0.5) is 5.82 Å². The van der Waals surface area contributed by atoms with Crippen molar-refractivity contribution in [2.75, 3.05) is 37.6 Å². The summed E-state index contributed by atoms with van der Waals surface area (Å²) in [5.41, 5.74) is 6.01. The lowest BCUT2D eigenvalue weighted by atomic mass is 10.1. The Morgan fingerprint density at radius 1 is 0.756 bits per heavy atom. The van der Waals surface area contributed by atoms with Crippen molar-refractivity contribution in [1.29, 1.82) is 0 Å². The summed E-state index contributed by atoms with van der Waals surface area (Å²) in [6.45, 7) is 5.21. The number of benzene rings is 4. The van der Waals surface area contributed by atoms with Crippen LogP contribution in [0, 0.1) is 0 Å². The SMILES string of the molecule is O=C(NCc1ccccc1)c1cccc(CSc2nc(-c3ccccc3)cc(N3CCN(C/C=C/c4ccccc4)CC3)n2)c1. The highest BCUT2D eigenvalue weighted by Crippen LogP contribution is 2.28. The first-order valence-electron chi connectivity index (χ1n) is 15.4. The molecule has 2 heterocycles. The van der Waals surface area contributed by atoms with Crippen molar-refractivity contribution in [3.63, 3.8) is 0 Å². The van der Waals surface area contributed by atoms with Gasteiger partial charge in [0.05, 0.1) is 5.69 Å². The predicted octanol–water partition coefficient (Wildman–Crippen LogP) is 7.20. The lowest BCUT2D eigenvalue weighted by Crippen LogP contribution is -2.46. The molecule has 1 fully saturated rings. The molecule has 6 rings (SSSR count). The number of carbonyl (C=O) groups is 1. The number of rotatable bonds is 11. The molecule has 0 atom stereocenters. The minimum Gasteiger partial charge on any atom is -0.354 e. The lowest BCUT2D eigenvalue weighted by molar-refractivity contribution is 0.0951. The van der Waals surface area contributed by atoms with E-state index in [-0.39, 0.29) is 5.91 Å². The molecule has 1 aromatic heterocycles. The second kappa shape index (κ2) is 15.3. The molecule has 0 unspecified atom stereocenters. The van der Waals surface area contributed by atoms with Crippen molar-refractivity contribution in [3.05, 3.63) is 150 Å². The molecule has 6 nitrogen and oxygen atoms in total. The van der Waals surface area contributed by atoms with Crippen LogP contribution in [-0.2, 0) is 12.3 Å². The summed E-state index contributed by atoms with van der Waals surface area (Å²) in [6.07, 6.45) is 4.44. The zero-order valence-electron chi connectivity index (χ0n) is 25.3. The molecule has 0 spiro atoms. The van der Waals surface area contributed by atoms with Gasteiger partial charge in [-0.2, -0.15) is 0 Å². The first-order valence-corrected chi connectivity index (χ1v) is 16.4. The molecule has 0 radical (unpaired) electrons. The van der Waals surface area contributed by atoms with Crippen LogP contribution in [0.2, 0.25) is 0 Å². The number of aromatic nitrogens is 2. The Balaban J connectivity index is 1.11. The number of hydrogen-bond acceptors (Lipinski definition) is 6. The normalized spacial score (nSPS) is 13.6. The van der Waals surface area contributed by atoms with Crippen LogP contribution in [0.1, 0.15) is 27.0 Å². The third-order valence-corrected chi connectivity index (χ3v) is 8.70. The maximum atomic E-state index is 12.9. The molecule has 7 heteroatoms. The number of thioether (sulfide) groups is 1. The highest BCUT2D eigenvalue weighted by molar-refractivity contribution is 7.98. The second-order valence-electron chi connectivity index (χ2n) is 11.0. The Morgan fingerprint density at radius 2 is 1.44 bits per heavy atom. The van der Waals surface area contributed by atoms with E-state index in [1.54, 1.807) is 11.8 Å². The fourth-order valence-electron chi connectivity index (χ4n) is 5.29. The summed E-state index contributed by atoms with van der Waals surface area (Å²) in [5, 5.41) is 3.76. The second-order valence-corrected chi connectivity index (χ2v) is 12.0. The standard InChI is InChI=1S/C38H37N5OS/c44-37(39-28-31-14-6-2-7-15-31)34-20-10-16-32(26-34)29-45-38-40-35(33-18-8-3-9-19-33)27-36(41-38)43-24-22-42(23-25-43)21-11-17-30-12-4-1-5-13-30/h1-20,26-27H,21-25,28-29H2,(H,39,44)/b17-11+. The lowest BCUT2D eigenvalue weighted by Gasteiger charge is -2.35. The van der Waals surface area contributed by atoms with Gasteiger partial charge in [-0.25, -0.2) is 9.97 Å². The third kappa shape index (κ3) is 8.69. The maximum Gasteiger partial charge on any atom is 0.251 e. The predicted molar refractivity (Wildman–Crippen MR) is 185 cm³/mol. The van der Waals surface area contributed by atoms with Gasteiger partial charge >= 0.3 is 0 Å². The number of piperazine rings is 1. The Hall–Kier alpha value is -4.72. The average Bonchev–Trinajstić information content (AvgIpc) is 3.11. The molecule has 0 aliphatic carbocycles. The number of hydrogen-bond donors (Lipinski definition) is 1. The quantitative estimate of drug-likeness (QED) is 0.126. The van der Waals surface area contributed by atoms with Crippen molar-refractivity contribution >= 4 is 29.6 Å². The molecule has 45 heavy (non-hydrogen) atoms. The summed E-state index contributed by atoms with van der Waals surface area (Å²) in [4.78, 5) is 27.7. The smallest absolute Gasteiger partial charge is 0.251 e. The zero-order chi connectivity index (χ0) is 30.7. The van der Waals surface area contributed by atoms with Crippen molar-refractivity contribution in [3.8, 4) is 11.3 Å². The molecule has 1 aliphatic heterocycles. The van der Waals surface area contributed by atoms with Gasteiger partial charge in [0.1, 0.15) is 5.82 Å². The Bertz CT molecular complexity index is 1700. The van der Waals surface area contributed by atoms with E-state index >= 15 is 0 Å². The van der Waals surface area contributed by atoms with Crippen molar-refractivity contribution < 1.29 is 4.79 Å². The highest BCUT2D eigenvalue weighted by atomic mass is 32.2. The topological polar surface area (TPSA) is 61.4 Å². The van der Waals surface area contributed by atoms with E-state index in [2.05, 4.69) is 69.7 Å². The van der Waals surface area contributed by atoms with E-state index in [9.17, 15) is 4.79 Å². The number of anilines is 1. The fourth-order valence-corrected chi connectivity index (χ4v) is 6.08. The fraction of sp³-hybridized carbons (Fsp3) is 0.184. The number of carbonyl (C=O) groups excluding carboxylic acids is 1. The van der Waals surface area contributed by atoms with Gasteiger partial charge in [-0.15, -0.1) is 0 Å². The van der Waals surface area contributed by atoms with Crippen molar-refractivity contribution in [1.82, 2.24) is 20.2 Å². The van der Waals surface area contributed by atoms with Gasteiger partial charge in [0, 0.05) is 62.2 Å². The van der Waals surface area contributed by atoms with Crippen LogP contribution in [0.25, 0.3) is 17.3 Å². The molecule has 1 amide bonds. The van der Waals surface area contributed by atoms with Crippen molar-refractivity contribution in [2.45, 2.75) is 17.5 Å². The number of nitrogens with one attached hydrogen (secondary N) is 1. The summed E-state index contributed by atoms with van der Waals surface area (Å²) in [6, 6.07) is 40.6. The molecular formula is C38H37N5OS. The van der Waals surface area contributed by atoms with E-state index in [1.807, 2.05) is 78.9 Å². The van der Waals surface area contributed by atoms with Gasteiger partial charge in [0.2, 0.25) is 0 Å². The Kier molecular flexibility index (Phi) is 10.3. The third-order valence-electron chi connectivity index (χ3n) is 7.78. The molecule has 226 valence electrons. The molecular weight excluding hydrogens is 575 g/mol. The summed E-state index contributed by atoms with van der Waals surface area (Å²) >= 11 is 1.60. The van der Waals surface area contributed by atoms with Crippen LogP contribution in [-0.4, -0.2) is 53.5 Å². The van der Waals surface area contributed by atoms with Crippen molar-refractivity contribution in [2.24, 2.45) is 0 Å². The van der Waals surface area contributed by atoms with Gasteiger partial charge in [0.25, 0.3) is 5.91 Å². The average molecular weight is 612 g/mol. The van der Waals surface area contributed by atoms with E-state index in [0.29, 0.717) is 17.9 Å². The molecule has 1 aliphatic rings. The molecule has 1 N–H and O–H groups in total. The first-order chi connectivity index (χ1) is 22.2. The zero-order valence-corrected chi connectivity index (χ0v) is 26.1. The van der Waals surface area contributed by atoms with Crippen LogP contribution in [0.3, 0.4) is 0 Å². The van der Waals surface area contributed by atoms with Gasteiger partial charge in [0.15, 0.2) is 5.16 Å². The summed E-state index contributed by atoms with van der Waals surface area (Å²) in [5.74, 6) is 1.55. The van der Waals surface area contributed by atoms with Crippen LogP contribution >= 0.6 is 11.8 Å². The maximum absolute atomic E-state index is 12.9. The molecule has 0 saturated carbocycles. The molecule has 1 saturated heterocycles. The molecule has 5 aromatic rings. The summed E-state index contributed by atoms with van der Waals surface area (Å²) < 4.78 is 0. The van der Waals surface area contributed by atoms with Gasteiger partial charge in [-0.05, 0) is 28.8 Å². The monoisotopic (exact) mass is 611 g/mol. The first kappa shape index (κ1) is 30.3. The highest BCUT2D eigenvalue weighted by Gasteiger charge is 2.19. The summed E-state index contributed by atoms with van der Waals surface area (Å²) in [7, 11) is 0.